The first-order valence-corrected chi connectivity index (χ1v) is 6.34. The molecule has 0 aliphatic carbocycles. The molecule has 2 nitrogen and oxygen atoms in total. The molecule has 0 aromatic heterocycles. The number of ether oxygens (including phenoxy) is 1. The lowest BCUT2D eigenvalue weighted by molar-refractivity contribution is 0.189. The molecule has 1 unspecified atom stereocenters. The van der Waals surface area contributed by atoms with E-state index in [1.165, 1.54) is 0 Å². The van der Waals surface area contributed by atoms with E-state index in [0.717, 1.165) is 30.7 Å². The highest BCUT2D eigenvalue weighted by Crippen LogP contribution is 2.21. The summed E-state index contributed by atoms with van der Waals surface area (Å²) in [5.74, 6) is 0.972. The van der Waals surface area contributed by atoms with E-state index in [9.17, 15) is 0 Å². The van der Waals surface area contributed by atoms with Crippen LogP contribution in [0.25, 0.3) is 6.08 Å². The lowest BCUT2D eigenvalue weighted by Gasteiger charge is -2.19. The van der Waals surface area contributed by atoms with Crippen molar-refractivity contribution in [3.8, 4) is 5.75 Å². The van der Waals surface area contributed by atoms with Crippen molar-refractivity contribution in [2.24, 2.45) is 0 Å². The van der Waals surface area contributed by atoms with Gasteiger partial charge < -0.3 is 10.1 Å². The van der Waals surface area contributed by atoms with E-state index in [1.807, 2.05) is 38.2 Å². The molecule has 0 saturated heterocycles. The van der Waals surface area contributed by atoms with Gasteiger partial charge in [0.25, 0.3) is 0 Å². The van der Waals surface area contributed by atoms with Crippen molar-refractivity contribution in [3.05, 3.63) is 35.9 Å². The second-order valence-electron chi connectivity index (χ2n) is 4.12. The van der Waals surface area contributed by atoms with Crippen molar-refractivity contribution < 1.29 is 4.74 Å². The molecule has 0 aliphatic heterocycles. The third-order valence-corrected chi connectivity index (χ3v) is 2.60. The quantitative estimate of drug-likeness (QED) is 0.778. The van der Waals surface area contributed by atoms with E-state index in [0.29, 0.717) is 0 Å². The first-order valence-electron chi connectivity index (χ1n) is 6.34. The van der Waals surface area contributed by atoms with Crippen LogP contribution in [-0.2, 0) is 0 Å². The third kappa shape index (κ3) is 4.61. The SMILES string of the molecule is C/C=C/c1ccccc1OC(CCC)CNC. The Hall–Kier alpha value is -1.28. The molecule has 0 heterocycles. The molecule has 1 N–H and O–H groups in total. The van der Waals surface area contributed by atoms with Gasteiger partial charge in [-0.2, -0.15) is 0 Å². The van der Waals surface area contributed by atoms with E-state index in [4.69, 9.17) is 4.74 Å². The van der Waals surface area contributed by atoms with Crippen molar-refractivity contribution >= 4 is 6.08 Å². The lowest BCUT2D eigenvalue weighted by Crippen LogP contribution is -2.29. The summed E-state index contributed by atoms with van der Waals surface area (Å²) in [6.07, 6.45) is 6.58. The molecule has 17 heavy (non-hydrogen) atoms. The molecule has 0 saturated carbocycles. The van der Waals surface area contributed by atoms with E-state index in [2.05, 4.69) is 24.4 Å². The van der Waals surface area contributed by atoms with Crippen LogP contribution in [0.2, 0.25) is 0 Å². The molecule has 1 aromatic rings. The summed E-state index contributed by atoms with van der Waals surface area (Å²) < 4.78 is 6.07. The minimum absolute atomic E-state index is 0.247. The van der Waals surface area contributed by atoms with Crippen molar-refractivity contribution in [1.82, 2.24) is 5.32 Å². The molecule has 0 aliphatic rings. The summed E-state index contributed by atoms with van der Waals surface area (Å²) in [6, 6.07) is 8.17. The minimum Gasteiger partial charge on any atom is -0.488 e. The molecule has 94 valence electrons. The van der Waals surface area contributed by atoms with Crippen molar-refractivity contribution in [2.45, 2.75) is 32.8 Å². The fourth-order valence-corrected chi connectivity index (χ4v) is 1.84. The molecule has 0 spiro atoms. The van der Waals surface area contributed by atoms with Crippen LogP contribution in [0.3, 0.4) is 0 Å². The van der Waals surface area contributed by atoms with Crippen LogP contribution in [0.1, 0.15) is 32.3 Å². The van der Waals surface area contributed by atoms with Gasteiger partial charge >= 0.3 is 0 Å². The number of allylic oxidation sites excluding steroid dienone is 1. The highest BCUT2D eigenvalue weighted by atomic mass is 16.5. The summed E-state index contributed by atoms with van der Waals surface area (Å²) in [5, 5.41) is 3.18. The van der Waals surface area contributed by atoms with E-state index >= 15 is 0 Å². The van der Waals surface area contributed by atoms with Gasteiger partial charge in [0.05, 0.1) is 0 Å². The fourth-order valence-electron chi connectivity index (χ4n) is 1.84. The lowest BCUT2D eigenvalue weighted by atomic mass is 10.1. The highest BCUT2D eigenvalue weighted by molar-refractivity contribution is 5.56. The summed E-state index contributed by atoms with van der Waals surface area (Å²) in [5.41, 5.74) is 1.15. The Labute approximate surface area is 105 Å². The first-order chi connectivity index (χ1) is 8.31. The van der Waals surface area contributed by atoms with Crippen LogP contribution in [-0.4, -0.2) is 19.7 Å². The van der Waals surface area contributed by atoms with Gasteiger partial charge in [0.15, 0.2) is 0 Å². The first kappa shape index (κ1) is 13.8. The van der Waals surface area contributed by atoms with E-state index < -0.39 is 0 Å². The molecule has 2 heteroatoms. The molecular weight excluding hydrogens is 210 g/mol. The standard InChI is InChI=1S/C15H23NO/c1-4-8-13-10-6-7-11-15(13)17-14(9-5-2)12-16-3/h4,6-8,10-11,14,16H,5,9,12H2,1-3H3/b8-4+. The predicted octanol–water partition coefficient (Wildman–Crippen LogP) is 3.49. The average Bonchev–Trinajstić information content (AvgIpc) is 2.33. The van der Waals surface area contributed by atoms with Gasteiger partial charge in [-0.25, -0.2) is 0 Å². The zero-order chi connectivity index (χ0) is 12.5. The summed E-state index contributed by atoms with van der Waals surface area (Å²) in [7, 11) is 1.96. The van der Waals surface area contributed by atoms with Gasteiger partial charge in [0.1, 0.15) is 11.9 Å². The van der Waals surface area contributed by atoms with Crippen LogP contribution in [0.5, 0.6) is 5.75 Å². The van der Waals surface area contributed by atoms with E-state index in [1.54, 1.807) is 0 Å². The van der Waals surface area contributed by atoms with Crippen LogP contribution in [0.15, 0.2) is 30.3 Å². The smallest absolute Gasteiger partial charge is 0.126 e. The van der Waals surface area contributed by atoms with Crippen molar-refractivity contribution in [3.63, 3.8) is 0 Å². The normalized spacial score (nSPS) is 12.9. The van der Waals surface area contributed by atoms with Gasteiger partial charge in [-0.3, -0.25) is 0 Å². The molecule has 0 bridgehead atoms. The highest BCUT2D eigenvalue weighted by Gasteiger charge is 2.09. The van der Waals surface area contributed by atoms with Gasteiger partial charge in [-0.1, -0.05) is 43.7 Å². The number of para-hydroxylation sites is 1. The van der Waals surface area contributed by atoms with Crippen LogP contribution in [0, 0.1) is 0 Å². The largest absolute Gasteiger partial charge is 0.488 e. The van der Waals surface area contributed by atoms with Gasteiger partial charge in [-0.15, -0.1) is 0 Å². The van der Waals surface area contributed by atoms with Gasteiger partial charge in [-0.05, 0) is 26.5 Å². The Morgan fingerprint density at radius 2 is 2.12 bits per heavy atom. The van der Waals surface area contributed by atoms with Crippen molar-refractivity contribution in [1.29, 1.82) is 0 Å². The molecule has 1 atom stereocenters. The minimum atomic E-state index is 0.247. The predicted molar refractivity (Wildman–Crippen MR) is 74.4 cm³/mol. The summed E-state index contributed by atoms with van der Waals surface area (Å²) in [6.45, 7) is 5.09. The Balaban J connectivity index is 2.76. The number of hydrogen-bond acceptors (Lipinski definition) is 2. The number of rotatable bonds is 7. The zero-order valence-electron chi connectivity index (χ0n) is 11.1. The van der Waals surface area contributed by atoms with Gasteiger partial charge in [0, 0.05) is 12.1 Å². The second kappa shape index (κ2) is 7.91. The Morgan fingerprint density at radius 3 is 2.76 bits per heavy atom. The molecule has 0 fully saturated rings. The van der Waals surface area contributed by atoms with Crippen LogP contribution < -0.4 is 10.1 Å². The monoisotopic (exact) mass is 233 g/mol. The fraction of sp³-hybridized carbons (Fsp3) is 0.467. The zero-order valence-corrected chi connectivity index (χ0v) is 11.1. The maximum absolute atomic E-state index is 6.07. The molecule has 0 amide bonds. The van der Waals surface area contributed by atoms with Crippen LogP contribution >= 0.6 is 0 Å². The topological polar surface area (TPSA) is 21.3 Å². The molecule has 0 radical (unpaired) electrons. The summed E-state index contributed by atoms with van der Waals surface area (Å²) >= 11 is 0. The maximum atomic E-state index is 6.07. The molecule has 1 rings (SSSR count). The van der Waals surface area contributed by atoms with Crippen molar-refractivity contribution in [2.75, 3.05) is 13.6 Å². The average molecular weight is 233 g/mol. The Kier molecular flexibility index (Phi) is 6.41. The summed E-state index contributed by atoms with van der Waals surface area (Å²) in [4.78, 5) is 0. The number of benzene rings is 1. The third-order valence-electron chi connectivity index (χ3n) is 2.60. The molecule has 1 aromatic carbocycles. The molecular formula is C15H23NO. The van der Waals surface area contributed by atoms with Crippen LogP contribution in [0.4, 0.5) is 0 Å². The number of hydrogen-bond donors (Lipinski definition) is 1. The van der Waals surface area contributed by atoms with E-state index in [-0.39, 0.29) is 6.10 Å². The second-order valence-corrected chi connectivity index (χ2v) is 4.12. The Morgan fingerprint density at radius 1 is 1.35 bits per heavy atom. The Bertz CT molecular complexity index is 341. The van der Waals surface area contributed by atoms with Gasteiger partial charge in [0.2, 0.25) is 0 Å². The maximum Gasteiger partial charge on any atom is 0.126 e. The number of likely N-dealkylation sites (N-methyl/N-ethyl adjacent to an activating group) is 1. The number of nitrogens with one attached hydrogen (secondary N) is 1.